The summed E-state index contributed by atoms with van der Waals surface area (Å²) >= 11 is 0. The van der Waals surface area contributed by atoms with Gasteiger partial charge in [0, 0.05) is 30.8 Å². The number of anilines is 1. The van der Waals surface area contributed by atoms with Gasteiger partial charge in [-0.3, -0.25) is 0 Å². The first kappa shape index (κ1) is 16.0. The second-order valence-electron chi connectivity index (χ2n) is 6.46. The zero-order valence-electron chi connectivity index (χ0n) is 14.1. The topological polar surface area (TPSA) is 86.8 Å². The van der Waals surface area contributed by atoms with E-state index < -0.39 is 7.12 Å². The number of hydrogen-bond acceptors (Lipinski definition) is 6. The Labute approximate surface area is 146 Å². The van der Waals surface area contributed by atoms with Crippen LogP contribution in [0.3, 0.4) is 0 Å². The van der Waals surface area contributed by atoms with Crippen molar-refractivity contribution in [1.29, 1.82) is 0 Å². The molecule has 25 heavy (non-hydrogen) atoms. The van der Waals surface area contributed by atoms with E-state index in [1.54, 1.807) is 18.5 Å². The first-order valence-corrected chi connectivity index (χ1v) is 8.52. The van der Waals surface area contributed by atoms with Gasteiger partial charge in [-0.05, 0) is 30.8 Å². The Bertz CT molecular complexity index is 888. The predicted molar refractivity (Wildman–Crippen MR) is 96.0 cm³/mol. The smallest absolute Gasteiger partial charge is 0.423 e. The summed E-state index contributed by atoms with van der Waals surface area (Å²) in [7, 11) is -1.44. The molecule has 1 aliphatic heterocycles. The highest BCUT2D eigenvalue weighted by Gasteiger charge is 2.23. The fourth-order valence-electron chi connectivity index (χ4n) is 3.44. The molecule has 3 heterocycles. The summed E-state index contributed by atoms with van der Waals surface area (Å²) in [5, 5.41) is 22.9. The van der Waals surface area contributed by atoms with Gasteiger partial charge >= 0.3 is 7.12 Å². The predicted octanol–water partition coefficient (Wildman–Crippen LogP) is 0.304. The third-order valence-corrected chi connectivity index (χ3v) is 4.77. The van der Waals surface area contributed by atoms with Crippen molar-refractivity contribution in [2.24, 2.45) is 0 Å². The van der Waals surface area contributed by atoms with Crippen molar-refractivity contribution >= 4 is 24.2 Å². The Hall–Kier alpha value is -2.45. The highest BCUT2D eigenvalue weighted by Crippen LogP contribution is 2.28. The normalized spacial score (nSPS) is 14.4. The van der Waals surface area contributed by atoms with Crippen LogP contribution in [0.15, 0.2) is 30.6 Å². The molecular weight excluding hydrogens is 317 g/mol. The van der Waals surface area contributed by atoms with Crippen LogP contribution in [0.2, 0.25) is 0 Å². The second-order valence-corrected chi connectivity index (χ2v) is 6.46. The molecule has 128 valence electrons. The van der Waals surface area contributed by atoms with Crippen LogP contribution in [0.1, 0.15) is 29.7 Å². The van der Waals surface area contributed by atoms with Gasteiger partial charge in [0.05, 0.1) is 0 Å². The summed E-state index contributed by atoms with van der Waals surface area (Å²) in [6.45, 7) is 4.04. The number of rotatable bonds is 4. The molecule has 0 atom stereocenters. The zero-order chi connectivity index (χ0) is 17.4. The Kier molecular flexibility index (Phi) is 4.14. The van der Waals surface area contributed by atoms with Gasteiger partial charge in [0.25, 0.3) is 5.78 Å². The Balaban J connectivity index is 1.77. The van der Waals surface area contributed by atoms with E-state index in [4.69, 9.17) is 0 Å². The third-order valence-electron chi connectivity index (χ3n) is 4.77. The Morgan fingerprint density at radius 2 is 1.84 bits per heavy atom. The molecule has 0 bridgehead atoms. The Morgan fingerprint density at radius 1 is 1.12 bits per heavy atom. The molecule has 1 aromatic carbocycles. The van der Waals surface area contributed by atoms with E-state index in [0.717, 1.165) is 35.7 Å². The van der Waals surface area contributed by atoms with Gasteiger partial charge in [-0.2, -0.15) is 14.6 Å². The molecular formula is C17H20BN5O2. The minimum Gasteiger partial charge on any atom is -0.423 e. The van der Waals surface area contributed by atoms with Crippen molar-refractivity contribution in [1.82, 2.24) is 19.6 Å². The monoisotopic (exact) mass is 337 g/mol. The summed E-state index contributed by atoms with van der Waals surface area (Å²) in [4.78, 5) is 11.2. The number of hydrogen-bond donors (Lipinski definition) is 2. The van der Waals surface area contributed by atoms with E-state index in [-0.39, 0.29) is 0 Å². The summed E-state index contributed by atoms with van der Waals surface area (Å²) in [5.41, 5.74) is 3.67. The van der Waals surface area contributed by atoms with Crippen molar-refractivity contribution in [2.45, 2.75) is 26.2 Å². The molecule has 7 nitrogen and oxygen atoms in total. The lowest BCUT2D eigenvalue weighted by Gasteiger charge is -2.23. The van der Waals surface area contributed by atoms with Crippen molar-refractivity contribution in [3.63, 3.8) is 0 Å². The third kappa shape index (κ3) is 2.98. The quantitative estimate of drug-likeness (QED) is 0.666. The maximum atomic E-state index is 9.25. The van der Waals surface area contributed by atoms with E-state index >= 15 is 0 Å². The molecule has 8 heteroatoms. The van der Waals surface area contributed by atoms with E-state index in [1.165, 1.54) is 12.8 Å². The fourth-order valence-corrected chi connectivity index (χ4v) is 3.44. The van der Waals surface area contributed by atoms with E-state index in [0.29, 0.717) is 17.7 Å². The molecule has 0 radical (unpaired) electrons. The maximum Gasteiger partial charge on any atom is 0.488 e. The summed E-state index contributed by atoms with van der Waals surface area (Å²) in [6.07, 6.45) is 4.62. The first-order valence-electron chi connectivity index (χ1n) is 8.52. The Morgan fingerprint density at radius 3 is 2.52 bits per heavy atom. The van der Waals surface area contributed by atoms with Gasteiger partial charge in [-0.15, -0.1) is 0 Å². The minimum atomic E-state index is -1.44. The van der Waals surface area contributed by atoms with Gasteiger partial charge in [-0.1, -0.05) is 24.3 Å². The van der Waals surface area contributed by atoms with Crippen LogP contribution >= 0.6 is 0 Å². The molecule has 0 unspecified atom stereocenters. The maximum absolute atomic E-state index is 9.25. The number of aromatic nitrogens is 4. The van der Waals surface area contributed by atoms with Crippen molar-refractivity contribution in [3.05, 3.63) is 47.4 Å². The summed E-state index contributed by atoms with van der Waals surface area (Å²) in [5.74, 6) is 1.70. The summed E-state index contributed by atoms with van der Waals surface area (Å²) in [6, 6.07) is 7.33. The molecule has 3 aromatic rings. The molecule has 1 saturated heterocycles. The standard InChI is InChI=1S/C17H20BN5O2/c1-12-15(10-13-4-6-14(7-5-13)18(24)25)16(22-8-2-3-9-22)23-17(21-12)19-11-20-23/h4-7,11,24-25H,2-3,8-10H2,1H3. The molecule has 0 aliphatic carbocycles. The van der Waals surface area contributed by atoms with E-state index in [9.17, 15) is 10.0 Å². The lowest BCUT2D eigenvalue weighted by Crippen LogP contribution is -2.29. The molecule has 0 saturated carbocycles. The second kappa shape index (κ2) is 6.46. The molecule has 4 rings (SSSR count). The average Bonchev–Trinajstić information content (AvgIpc) is 3.27. The van der Waals surface area contributed by atoms with Crippen LogP contribution in [0.4, 0.5) is 5.82 Å². The fraction of sp³-hybridized carbons (Fsp3) is 0.353. The zero-order valence-corrected chi connectivity index (χ0v) is 14.1. The largest absolute Gasteiger partial charge is 0.488 e. The van der Waals surface area contributed by atoms with Crippen LogP contribution in [-0.4, -0.2) is 49.8 Å². The van der Waals surface area contributed by atoms with Gasteiger partial charge in [0.1, 0.15) is 12.1 Å². The van der Waals surface area contributed by atoms with Crippen LogP contribution in [0.5, 0.6) is 0 Å². The van der Waals surface area contributed by atoms with Crippen LogP contribution < -0.4 is 10.4 Å². The van der Waals surface area contributed by atoms with Crippen LogP contribution in [-0.2, 0) is 6.42 Å². The highest BCUT2D eigenvalue weighted by atomic mass is 16.4. The lowest BCUT2D eigenvalue weighted by atomic mass is 9.80. The molecule has 1 fully saturated rings. The number of aryl methyl sites for hydroxylation is 1. The number of fused-ring (bicyclic) bond motifs is 1. The van der Waals surface area contributed by atoms with Crippen LogP contribution in [0, 0.1) is 6.92 Å². The molecule has 2 N–H and O–H groups in total. The van der Waals surface area contributed by atoms with Crippen molar-refractivity contribution < 1.29 is 10.0 Å². The SMILES string of the molecule is Cc1nc2ncnn2c(N2CCCC2)c1Cc1ccc(B(O)O)cc1. The van der Waals surface area contributed by atoms with Crippen molar-refractivity contribution in [2.75, 3.05) is 18.0 Å². The lowest BCUT2D eigenvalue weighted by molar-refractivity contribution is 0.426. The van der Waals surface area contributed by atoms with Gasteiger partial charge < -0.3 is 14.9 Å². The average molecular weight is 337 g/mol. The van der Waals surface area contributed by atoms with Gasteiger partial charge in [0.15, 0.2) is 0 Å². The number of nitrogens with zero attached hydrogens (tertiary/aromatic N) is 5. The summed E-state index contributed by atoms with van der Waals surface area (Å²) < 4.78 is 1.83. The molecule has 2 aromatic heterocycles. The van der Waals surface area contributed by atoms with E-state index in [1.807, 2.05) is 23.6 Å². The van der Waals surface area contributed by atoms with Crippen molar-refractivity contribution in [3.8, 4) is 0 Å². The van der Waals surface area contributed by atoms with Crippen LogP contribution in [0.25, 0.3) is 5.78 Å². The van der Waals surface area contributed by atoms with Gasteiger partial charge in [0.2, 0.25) is 0 Å². The first-order chi connectivity index (χ1) is 12.1. The van der Waals surface area contributed by atoms with E-state index in [2.05, 4.69) is 20.0 Å². The highest BCUT2D eigenvalue weighted by molar-refractivity contribution is 6.58. The van der Waals surface area contributed by atoms with Gasteiger partial charge in [-0.25, -0.2) is 4.98 Å². The molecule has 0 spiro atoms. The molecule has 0 amide bonds. The molecule has 1 aliphatic rings. The number of benzene rings is 1. The minimum absolute atomic E-state index is 0.491.